The second-order valence-corrected chi connectivity index (χ2v) is 10.2. The van der Waals surface area contributed by atoms with Gasteiger partial charge in [-0.15, -0.1) is 0 Å². The van der Waals surface area contributed by atoms with Crippen molar-refractivity contribution in [1.29, 1.82) is 0 Å². The van der Waals surface area contributed by atoms with Crippen LogP contribution < -0.4 is 5.32 Å². The van der Waals surface area contributed by atoms with Crippen LogP contribution >= 0.6 is 34.8 Å². The molecule has 1 saturated heterocycles. The summed E-state index contributed by atoms with van der Waals surface area (Å²) in [5, 5.41) is 4.48. The molecule has 1 aliphatic heterocycles. The van der Waals surface area contributed by atoms with Crippen molar-refractivity contribution in [2.45, 2.75) is 30.7 Å². The van der Waals surface area contributed by atoms with E-state index in [9.17, 15) is 13.2 Å². The third kappa shape index (κ3) is 5.25. The van der Waals surface area contributed by atoms with Gasteiger partial charge in [0, 0.05) is 34.1 Å². The first-order chi connectivity index (χ1) is 13.7. The highest BCUT2D eigenvalue weighted by Gasteiger charge is 2.32. The fourth-order valence-corrected chi connectivity index (χ4v) is 5.54. The number of halogens is 3. The molecule has 0 aliphatic carbocycles. The van der Waals surface area contributed by atoms with Crippen LogP contribution in [-0.4, -0.2) is 31.7 Å². The van der Waals surface area contributed by atoms with Crippen LogP contribution in [0.15, 0.2) is 47.4 Å². The van der Waals surface area contributed by atoms with Crippen molar-refractivity contribution < 1.29 is 13.2 Å². The number of carbonyl (C=O) groups is 1. The Labute approximate surface area is 186 Å². The summed E-state index contributed by atoms with van der Waals surface area (Å²) in [7, 11) is -3.59. The Morgan fingerprint density at radius 2 is 1.62 bits per heavy atom. The minimum absolute atomic E-state index is 0.105. The topological polar surface area (TPSA) is 66.5 Å². The first-order valence-electron chi connectivity index (χ1n) is 9.19. The van der Waals surface area contributed by atoms with E-state index in [0.717, 1.165) is 5.56 Å². The number of benzene rings is 2. The second-order valence-electron chi connectivity index (χ2n) is 7.03. The number of hydrogen-bond acceptors (Lipinski definition) is 3. The average molecular weight is 476 g/mol. The lowest BCUT2D eigenvalue weighted by molar-refractivity contribution is -0.126. The van der Waals surface area contributed by atoms with E-state index in [0.29, 0.717) is 41.0 Å². The zero-order valence-corrected chi connectivity index (χ0v) is 18.8. The van der Waals surface area contributed by atoms with Gasteiger partial charge in [-0.1, -0.05) is 40.9 Å². The Morgan fingerprint density at radius 1 is 1.03 bits per heavy atom. The lowest BCUT2D eigenvalue weighted by Crippen LogP contribution is -2.43. The molecule has 0 spiro atoms. The molecule has 1 aliphatic rings. The maximum Gasteiger partial charge on any atom is 0.243 e. The molecule has 2 aromatic carbocycles. The Kier molecular flexibility index (Phi) is 7.12. The number of piperidine rings is 1. The van der Waals surface area contributed by atoms with Crippen molar-refractivity contribution in [3.8, 4) is 0 Å². The molecule has 1 N–H and O–H groups in total. The zero-order chi connectivity index (χ0) is 21.2. The van der Waals surface area contributed by atoms with Gasteiger partial charge in [0.05, 0.1) is 10.9 Å². The molecule has 3 rings (SSSR count). The van der Waals surface area contributed by atoms with Crippen LogP contribution in [0.1, 0.15) is 31.4 Å². The van der Waals surface area contributed by atoms with Crippen LogP contribution in [0.5, 0.6) is 0 Å². The van der Waals surface area contributed by atoms with Gasteiger partial charge < -0.3 is 5.32 Å². The summed E-state index contributed by atoms with van der Waals surface area (Å²) in [5.41, 5.74) is 0.784. The van der Waals surface area contributed by atoms with Gasteiger partial charge in [-0.25, -0.2) is 8.42 Å². The first-order valence-corrected chi connectivity index (χ1v) is 11.8. The molecular weight excluding hydrogens is 455 g/mol. The first kappa shape index (κ1) is 22.4. The van der Waals surface area contributed by atoms with E-state index in [4.69, 9.17) is 34.8 Å². The molecule has 2 aromatic rings. The van der Waals surface area contributed by atoms with E-state index in [-0.39, 0.29) is 22.8 Å². The number of sulfonamides is 1. The average Bonchev–Trinajstić information content (AvgIpc) is 2.68. The highest BCUT2D eigenvalue weighted by molar-refractivity contribution is 7.89. The minimum Gasteiger partial charge on any atom is -0.349 e. The van der Waals surface area contributed by atoms with Gasteiger partial charge in [0.25, 0.3) is 0 Å². The largest absolute Gasteiger partial charge is 0.349 e. The van der Waals surface area contributed by atoms with E-state index in [1.54, 1.807) is 30.3 Å². The standard InChI is InChI=1S/C20H21Cl3N2O3S/c1-13(18-7-4-16(22)12-19(18)23)24-20(26)14-8-10-25(11-9-14)29(27,28)17-5-2-15(21)3-6-17/h2-7,12-14H,8-11H2,1H3,(H,24,26). The van der Waals surface area contributed by atoms with Gasteiger partial charge >= 0.3 is 0 Å². The minimum atomic E-state index is -3.59. The molecule has 29 heavy (non-hydrogen) atoms. The Morgan fingerprint density at radius 3 is 2.21 bits per heavy atom. The van der Waals surface area contributed by atoms with E-state index in [1.165, 1.54) is 16.4 Å². The van der Waals surface area contributed by atoms with Crippen molar-refractivity contribution in [1.82, 2.24) is 9.62 Å². The SMILES string of the molecule is CC(NC(=O)C1CCN(S(=O)(=O)c2ccc(Cl)cc2)CC1)c1ccc(Cl)cc1Cl. The maximum absolute atomic E-state index is 12.8. The predicted octanol–water partition coefficient (Wildman–Crippen LogP) is 4.92. The van der Waals surface area contributed by atoms with Crippen molar-refractivity contribution in [3.05, 3.63) is 63.1 Å². The van der Waals surface area contributed by atoms with Crippen LogP contribution in [-0.2, 0) is 14.8 Å². The van der Waals surface area contributed by atoms with Gasteiger partial charge in [0.15, 0.2) is 0 Å². The Balaban J connectivity index is 1.60. The number of carbonyl (C=O) groups excluding carboxylic acids is 1. The van der Waals surface area contributed by atoms with Gasteiger partial charge in [0.2, 0.25) is 15.9 Å². The molecule has 0 aromatic heterocycles. The summed E-state index contributed by atoms with van der Waals surface area (Å²) in [5.74, 6) is -0.354. The number of rotatable bonds is 5. The van der Waals surface area contributed by atoms with Crippen LogP contribution in [0.4, 0.5) is 0 Å². The maximum atomic E-state index is 12.8. The van der Waals surface area contributed by atoms with Gasteiger partial charge in [0.1, 0.15) is 0 Å². The zero-order valence-electron chi connectivity index (χ0n) is 15.7. The molecule has 1 fully saturated rings. The number of amides is 1. The van der Waals surface area contributed by atoms with Gasteiger partial charge in [-0.3, -0.25) is 4.79 Å². The Hall–Kier alpha value is -1.31. The molecule has 1 atom stereocenters. The lowest BCUT2D eigenvalue weighted by atomic mass is 9.96. The van der Waals surface area contributed by atoms with E-state index in [2.05, 4.69) is 5.32 Å². The Bertz CT molecular complexity index is 989. The second kappa shape index (κ2) is 9.23. The van der Waals surface area contributed by atoms with Crippen molar-refractivity contribution >= 4 is 50.7 Å². The summed E-state index contributed by atoms with van der Waals surface area (Å²) < 4.78 is 26.9. The molecule has 9 heteroatoms. The van der Waals surface area contributed by atoms with Crippen LogP contribution in [0.2, 0.25) is 15.1 Å². The van der Waals surface area contributed by atoms with Gasteiger partial charge in [-0.2, -0.15) is 4.31 Å². The quantitative estimate of drug-likeness (QED) is 0.667. The summed E-state index contributed by atoms with van der Waals surface area (Å²) in [6.07, 6.45) is 0.916. The van der Waals surface area contributed by atoms with Crippen molar-refractivity contribution in [2.75, 3.05) is 13.1 Å². The molecule has 0 radical (unpaired) electrons. The third-order valence-corrected chi connectivity index (χ3v) is 7.79. The van der Waals surface area contributed by atoms with Gasteiger partial charge in [-0.05, 0) is 61.7 Å². The summed E-state index contributed by atoms with van der Waals surface area (Å²) in [4.78, 5) is 12.9. The van der Waals surface area contributed by atoms with Crippen LogP contribution in [0.25, 0.3) is 0 Å². The van der Waals surface area contributed by atoms with E-state index >= 15 is 0 Å². The van der Waals surface area contributed by atoms with E-state index < -0.39 is 10.0 Å². The number of nitrogens with one attached hydrogen (secondary N) is 1. The van der Waals surface area contributed by atoms with Crippen molar-refractivity contribution in [2.24, 2.45) is 5.92 Å². The highest BCUT2D eigenvalue weighted by atomic mass is 35.5. The van der Waals surface area contributed by atoms with E-state index in [1.807, 2.05) is 6.92 Å². The lowest BCUT2D eigenvalue weighted by Gasteiger charge is -2.31. The predicted molar refractivity (Wildman–Crippen MR) is 116 cm³/mol. The molecule has 5 nitrogen and oxygen atoms in total. The normalized spacial score (nSPS) is 17.1. The number of hydrogen-bond donors (Lipinski definition) is 1. The van der Waals surface area contributed by atoms with Crippen molar-refractivity contribution in [3.63, 3.8) is 0 Å². The highest BCUT2D eigenvalue weighted by Crippen LogP contribution is 2.28. The summed E-state index contributed by atoms with van der Waals surface area (Å²) in [6.45, 7) is 2.44. The monoisotopic (exact) mass is 474 g/mol. The molecular formula is C20H21Cl3N2O3S. The van der Waals surface area contributed by atoms with Crippen LogP contribution in [0.3, 0.4) is 0 Å². The smallest absolute Gasteiger partial charge is 0.243 e. The molecule has 0 bridgehead atoms. The molecule has 1 unspecified atom stereocenters. The van der Waals surface area contributed by atoms with Crippen LogP contribution in [0, 0.1) is 5.92 Å². The third-order valence-electron chi connectivity index (χ3n) is 5.06. The summed E-state index contributed by atoms with van der Waals surface area (Å²) in [6, 6.07) is 11.0. The summed E-state index contributed by atoms with van der Waals surface area (Å²) >= 11 is 18.0. The molecule has 0 saturated carbocycles. The molecule has 156 valence electrons. The molecule has 1 heterocycles. The fraction of sp³-hybridized carbons (Fsp3) is 0.350. The fourth-order valence-electron chi connectivity index (χ4n) is 3.38. The molecule has 1 amide bonds. The number of nitrogens with zero attached hydrogens (tertiary/aromatic N) is 1.